The van der Waals surface area contributed by atoms with Crippen molar-refractivity contribution in [2.24, 2.45) is 0 Å². The second-order valence-electron chi connectivity index (χ2n) is 4.66. The van der Waals surface area contributed by atoms with E-state index in [-0.39, 0.29) is 11.9 Å². The fraction of sp³-hybridized carbons (Fsp3) is 0.294. The molecule has 2 rings (SSSR count). The molecule has 0 saturated heterocycles. The van der Waals surface area contributed by atoms with Crippen LogP contribution in [0.5, 0.6) is 0 Å². The summed E-state index contributed by atoms with van der Waals surface area (Å²) in [5.74, 6) is -0.124. The van der Waals surface area contributed by atoms with Crippen molar-refractivity contribution in [1.29, 1.82) is 0 Å². The summed E-state index contributed by atoms with van der Waals surface area (Å²) in [6.45, 7) is 2.89. The minimum absolute atomic E-state index is 0.0754. The Balaban J connectivity index is 2.07. The lowest BCUT2D eigenvalue weighted by Crippen LogP contribution is -2.22. The number of nitrogens with one attached hydrogen (secondary N) is 1. The Morgan fingerprint density at radius 1 is 1.00 bits per heavy atom. The minimum Gasteiger partial charge on any atom is -0.310 e. The Labute approximate surface area is 114 Å². The first kappa shape index (κ1) is 13.8. The van der Waals surface area contributed by atoms with Gasteiger partial charge in [0.1, 0.15) is 5.82 Å². The lowest BCUT2D eigenvalue weighted by atomic mass is 9.98. The summed E-state index contributed by atoms with van der Waals surface area (Å²) in [6.07, 6.45) is 1.85. The molecule has 2 aromatic rings. The third kappa shape index (κ3) is 3.90. The summed E-state index contributed by atoms with van der Waals surface area (Å²) in [7, 11) is 0. The van der Waals surface area contributed by atoms with Crippen molar-refractivity contribution in [3.63, 3.8) is 0 Å². The molecule has 0 fully saturated rings. The Morgan fingerprint density at radius 3 is 2.37 bits per heavy atom. The van der Waals surface area contributed by atoms with Crippen molar-refractivity contribution >= 4 is 0 Å². The van der Waals surface area contributed by atoms with Crippen LogP contribution in [0.25, 0.3) is 0 Å². The Morgan fingerprint density at radius 2 is 1.68 bits per heavy atom. The number of rotatable bonds is 6. The summed E-state index contributed by atoms with van der Waals surface area (Å²) in [5, 5.41) is 3.37. The standard InChI is InChI=1S/C17H20FN/c1-2-19-17(15-10-6-7-11-16(15)18)13-12-14-8-4-3-5-9-14/h3-11,17,19H,2,12-13H2,1H3. The Kier molecular flexibility index (Phi) is 5.10. The number of aryl methyl sites for hydroxylation is 1. The van der Waals surface area contributed by atoms with Crippen molar-refractivity contribution in [2.75, 3.05) is 6.54 Å². The van der Waals surface area contributed by atoms with E-state index in [9.17, 15) is 4.39 Å². The fourth-order valence-corrected chi connectivity index (χ4v) is 2.33. The first-order chi connectivity index (χ1) is 9.31. The van der Waals surface area contributed by atoms with Gasteiger partial charge in [0.2, 0.25) is 0 Å². The van der Waals surface area contributed by atoms with Crippen LogP contribution >= 0.6 is 0 Å². The highest BCUT2D eigenvalue weighted by Crippen LogP contribution is 2.21. The lowest BCUT2D eigenvalue weighted by molar-refractivity contribution is 0.485. The number of halogens is 1. The van der Waals surface area contributed by atoms with Crippen LogP contribution in [0, 0.1) is 5.82 Å². The van der Waals surface area contributed by atoms with Gasteiger partial charge in [0.05, 0.1) is 0 Å². The fourth-order valence-electron chi connectivity index (χ4n) is 2.33. The SMILES string of the molecule is CCNC(CCc1ccccc1)c1ccccc1F. The number of benzene rings is 2. The van der Waals surface area contributed by atoms with E-state index in [1.807, 2.05) is 30.3 Å². The van der Waals surface area contributed by atoms with Crippen LogP contribution in [0.15, 0.2) is 54.6 Å². The number of hydrogen-bond donors (Lipinski definition) is 1. The van der Waals surface area contributed by atoms with Gasteiger partial charge in [0, 0.05) is 11.6 Å². The maximum Gasteiger partial charge on any atom is 0.127 e. The van der Waals surface area contributed by atoms with Gasteiger partial charge in [-0.25, -0.2) is 4.39 Å². The van der Waals surface area contributed by atoms with Crippen molar-refractivity contribution < 1.29 is 4.39 Å². The monoisotopic (exact) mass is 257 g/mol. The molecule has 100 valence electrons. The van der Waals surface area contributed by atoms with Gasteiger partial charge in [-0.05, 0) is 31.0 Å². The van der Waals surface area contributed by atoms with Crippen LogP contribution in [-0.2, 0) is 6.42 Å². The van der Waals surface area contributed by atoms with Crippen molar-refractivity contribution in [3.8, 4) is 0 Å². The van der Waals surface area contributed by atoms with E-state index in [0.29, 0.717) is 0 Å². The largest absolute Gasteiger partial charge is 0.310 e. The van der Waals surface area contributed by atoms with E-state index in [0.717, 1.165) is 24.9 Å². The van der Waals surface area contributed by atoms with Gasteiger partial charge in [-0.3, -0.25) is 0 Å². The van der Waals surface area contributed by atoms with Gasteiger partial charge in [-0.1, -0.05) is 55.5 Å². The Bertz CT molecular complexity index is 496. The molecule has 0 aliphatic heterocycles. The van der Waals surface area contributed by atoms with Crippen LogP contribution in [0.3, 0.4) is 0 Å². The zero-order valence-electron chi connectivity index (χ0n) is 11.3. The van der Waals surface area contributed by atoms with Gasteiger partial charge in [0.15, 0.2) is 0 Å². The highest BCUT2D eigenvalue weighted by atomic mass is 19.1. The molecule has 0 radical (unpaired) electrons. The van der Waals surface area contributed by atoms with E-state index in [1.165, 1.54) is 11.6 Å². The summed E-state index contributed by atoms with van der Waals surface area (Å²) >= 11 is 0. The molecule has 2 aromatic carbocycles. The molecule has 0 heterocycles. The van der Waals surface area contributed by atoms with Gasteiger partial charge in [0.25, 0.3) is 0 Å². The molecular formula is C17H20FN. The van der Waals surface area contributed by atoms with Gasteiger partial charge in [-0.15, -0.1) is 0 Å². The maximum atomic E-state index is 13.8. The molecule has 0 spiro atoms. The molecule has 0 amide bonds. The molecule has 0 aromatic heterocycles. The molecule has 1 nitrogen and oxygen atoms in total. The third-order valence-electron chi connectivity index (χ3n) is 3.30. The second-order valence-corrected chi connectivity index (χ2v) is 4.66. The zero-order valence-corrected chi connectivity index (χ0v) is 11.3. The third-order valence-corrected chi connectivity index (χ3v) is 3.30. The van der Waals surface area contributed by atoms with E-state index in [4.69, 9.17) is 0 Å². The molecule has 0 saturated carbocycles. The lowest BCUT2D eigenvalue weighted by Gasteiger charge is -2.19. The van der Waals surface area contributed by atoms with E-state index >= 15 is 0 Å². The van der Waals surface area contributed by atoms with Crippen LogP contribution in [0.2, 0.25) is 0 Å². The predicted octanol–water partition coefficient (Wildman–Crippen LogP) is 4.11. The first-order valence-electron chi connectivity index (χ1n) is 6.83. The van der Waals surface area contributed by atoms with Gasteiger partial charge < -0.3 is 5.32 Å². The van der Waals surface area contributed by atoms with Crippen LogP contribution in [-0.4, -0.2) is 6.54 Å². The van der Waals surface area contributed by atoms with Gasteiger partial charge in [-0.2, -0.15) is 0 Å². The molecule has 0 bridgehead atoms. The molecule has 1 unspecified atom stereocenters. The summed E-state index contributed by atoms with van der Waals surface area (Å²) in [4.78, 5) is 0. The molecule has 0 aliphatic rings. The zero-order chi connectivity index (χ0) is 13.5. The highest BCUT2D eigenvalue weighted by molar-refractivity contribution is 5.22. The molecule has 1 N–H and O–H groups in total. The Hall–Kier alpha value is -1.67. The first-order valence-corrected chi connectivity index (χ1v) is 6.83. The van der Waals surface area contributed by atoms with Crippen molar-refractivity contribution in [2.45, 2.75) is 25.8 Å². The van der Waals surface area contributed by atoms with E-state index in [2.05, 4.69) is 24.4 Å². The maximum absolute atomic E-state index is 13.8. The number of hydrogen-bond acceptors (Lipinski definition) is 1. The van der Waals surface area contributed by atoms with Crippen LogP contribution < -0.4 is 5.32 Å². The molecule has 19 heavy (non-hydrogen) atoms. The van der Waals surface area contributed by atoms with Gasteiger partial charge >= 0.3 is 0 Å². The quantitative estimate of drug-likeness (QED) is 0.821. The van der Waals surface area contributed by atoms with Crippen molar-refractivity contribution in [1.82, 2.24) is 5.32 Å². The van der Waals surface area contributed by atoms with Crippen LogP contribution in [0.1, 0.15) is 30.5 Å². The summed E-state index contributed by atoms with van der Waals surface area (Å²) in [6, 6.07) is 17.4. The molecule has 2 heteroatoms. The van der Waals surface area contributed by atoms with E-state index < -0.39 is 0 Å². The molecular weight excluding hydrogens is 237 g/mol. The highest BCUT2D eigenvalue weighted by Gasteiger charge is 2.13. The predicted molar refractivity (Wildman–Crippen MR) is 77.6 cm³/mol. The van der Waals surface area contributed by atoms with Crippen molar-refractivity contribution in [3.05, 3.63) is 71.5 Å². The minimum atomic E-state index is -0.124. The topological polar surface area (TPSA) is 12.0 Å². The normalized spacial score (nSPS) is 12.3. The summed E-state index contributed by atoms with van der Waals surface area (Å²) in [5.41, 5.74) is 2.06. The second kappa shape index (κ2) is 7.05. The van der Waals surface area contributed by atoms with E-state index in [1.54, 1.807) is 6.07 Å². The average Bonchev–Trinajstić information content (AvgIpc) is 2.45. The smallest absolute Gasteiger partial charge is 0.127 e. The van der Waals surface area contributed by atoms with Crippen LogP contribution in [0.4, 0.5) is 4.39 Å². The molecule has 0 aliphatic carbocycles. The molecule has 1 atom stereocenters. The summed E-state index contributed by atoms with van der Waals surface area (Å²) < 4.78 is 13.8. The average molecular weight is 257 g/mol.